The second kappa shape index (κ2) is 11.5. The van der Waals surface area contributed by atoms with Crippen LogP contribution in [0.15, 0.2) is 16.6 Å². The Morgan fingerprint density at radius 1 is 1.30 bits per heavy atom. The van der Waals surface area contributed by atoms with Crippen LogP contribution < -0.4 is 14.8 Å². The lowest BCUT2D eigenvalue weighted by Gasteiger charge is -2.30. The summed E-state index contributed by atoms with van der Waals surface area (Å²) in [7, 11) is 1.59. The van der Waals surface area contributed by atoms with Crippen molar-refractivity contribution in [1.29, 1.82) is 0 Å². The smallest absolute Gasteiger partial charge is 0.251 e. The third kappa shape index (κ3) is 7.00. The molecule has 0 bridgehead atoms. The lowest BCUT2D eigenvalue weighted by atomic mass is 9.99. The number of benzene rings is 1. The number of piperidine rings is 1. The summed E-state index contributed by atoms with van der Waals surface area (Å²) in [6.07, 6.45) is 5.64. The molecule has 1 fully saturated rings. The van der Waals surface area contributed by atoms with Crippen molar-refractivity contribution in [1.82, 2.24) is 10.2 Å². The minimum absolute atomic E-state index is 0.0807. The summed E-state index contributed by atoms with van der Waals surface area (Å²) in [5.74, 6) is 2.01. The lowest BCUT2D eigenvalue weighted by molar-refractivity contribution is 0.0951. The first-order valence-corrected chi connectivity index (χ1v) is 10.8. The second-order valence-electron chi connectivity index (χ2n) is 7.33. The highest BCUT2D eigenvalue weighted by atomic mass is 79.9. The molecule has 2 rings (SSSR count). The SMILES string of the molecule is CCCOc1c(Br)cc(C(=O)NCCCCN2CCC(C)CC2)cc1OC. The molecular formula is C21H33BrN2O3. The van der Waals surface area contributed by atoms with Crippen LogP contribution in [0.25, 0.3) is 0 Å². The molecule has 1 amide bonds. The summed E-state index contributed by atoms with van der Waals surface area (Å²) < 4.78 is 11.8. The highest BCUT2D eigenvalue weighted by Gasteiger charge is 2.16. The molecule has 1 aromatic carbocycles. The zero-order valence-corrected chi connectivity index (χ0v) is 18.4. The van der Waals surface area contributed by atoms with E-state index in [1.54, 1.807) is 19.2 Å². The fraction of sp³-hybridized carbons (Fsp3) is 0.667. The van der Waals surface area contributed by atoms with Crippen LogP contribution in [0, 0.1) is 5.92 Å². The van der Waals surface area contributed by atoms with Gasteiger partial charge in [0, 0.05) is 12.1 Å². The first-order chi connectivity index (χ1) is 13.0. The summed E-state index contributed by atoms with van der Waals surface area (Å²) in [6, 6.07) is 3.53. The molecule has 0 saturated carbocycles. The van der Waals surface area contributed by atoms with Crippen molar-refractivity contribution in [2.24, 2.45) is 5.92 Å². The summed E-state index contributed by atoms with van der Waals surface area (Å²) in [5.41, 5.74) is 0.576. The number of rotatable bonds is 10. The molecule has 27 heavy (non-hydrogen) atoms. The minimum atomic E-state index is -0.0807. The third-order valence-corrected chi connectivity index (χ3v) is 5.59. The molecule has 6 heteroatoms. The summed E-state index contributed by atoms with van der Waals surface area (Å²) in [5, 5.41) is 3.01. The van der Waals surface area contributed by atoms with Crippen molar-refractivity contribution in [2.45, 2.75) is 46.0 Å². The summed E-state index contributed by atoms with van der Waals surface area (Å²) in [4.78, 5) is 15.0. The van der Waals surface area contributed by atoms with E-state index in [0.29, 0.717) is 30.2 Å². The van der Waals surface area contributed by atoms with Gasteiger partial charge >= 0.3 is 0 Å². The molecule has 1 aliphatic heterocycles. The van der Waals surface area contributed by atoms with Crippen molar-refractivity contribution in [2.75, 3.05) is 39.9 Å². The maximum Gasteiger partial charge on any atom is 0.251 e. The van der Waals surface area contributed by atoms with Gasteiger partial charge in [-0.05, 0) is 85.7 Å². The van der Waals surface area contributed by atoms with E-state index in [0.717, 1.165) is 36.2 Å². The fourth-order valence-corrected chi connectivity index (χ4v) is 3.80. The van der Waals surface area contributed by atoms with Gasteiger partial charge in [-0.25, -0.2) is 0 Å². The number of halogens is 1. The van der Waals surface area contributed by atoms with Crippen LogP contribution in [0.2, 0.25) is 0 Å². The van der Waals surface area contributed by atoms with E-state index in [4.69, 9.17) is 9.47 Å². The normalized spacial score (nSPS) is 15.6. The van der Waals surface area contributed by atoms with E-state index in [2.05, 4.69) is 33.1 Å². The molecule has 152 valence electrons. The molecule has 1 heterocycles. The van der Waals surface area contributed by atoms with Crippen molar-refractivity contribution >= 4 is 21.8 Å². The van der Waals surface area contributed by atoms with Crippen LogP contribution in [0.4, 0.5) is 0 Å². The molecule has 1 saturated heterocycles. The fourth-order valence-electron chi connectivity index (χ4n) is 3.25. The number of carbonyl (C=O) groups is 1. The molecule has 1 aliphatic rings. The predicted octanol–water partition coefficient (Wildman–Crippen LogP) is 4.49. The Morgan fingerprint density at radius 3 is 2.70 bits per heavy atom. The molecule has 1 N–H and O–H groups in total. The Hall–Kier alpha value is -1.27. The van der Waals surface area contributed by atoms with Crippen LogP contribution in [0.5, 0.6) is 11.5 Å². The van der Waals surface area contributed by atoms with Crippen LogP contribution in [-0.2, 0) is 0 Å². The number of nitrogens with one attached hydrogen (secondary N) is 1. The number of methoxy groups -OCH3 is 1. The van der Waals surface area contributed by atoms with Crippen molar-refractivity contribution in [3.8, 4) is 11.5 Å². The van der Waals surface area contributed by atoms with Crippen LogP contribution in [-0.4, -0.2) is 50.7 Å². The van der Waals surface area contributed by atoms with Gasteiger partial charge in [-0.1, -0.05) is 13.8 Å². The Morgan fingerprint density at radius 2 is 2.04 bits per heavy atom. The first kappa shape index (κ1) is 22.0. The Bertz CT molecular complexity index is 601. The van der Waals surface area contributed by atoms with Gasteiger partial charge in [0.05, 0.1) is 18.2 Å². The Kier molecular flexibility index (Phi) is 9.42. The maximum atomic E-state index is 12.5. The number of ether oxygens (including phenoxy) is 2. The molecule has 5 nitrogen and oxygen atoms in total. The first-order valence-electron chi connectivity index (χ1n) is 10.1. The van der Waals surface area contributed by atoms with E-state index in [-0.39, 0.29) is 5.91 Å². The van der Waals surface area contributed by atoms with Crippen LogP contribution in [0.3, 0.4) is 0 Å². The molecule has 1 aromatic rings. The number of carbonyl (C=O) groups excluding carboxylic acids is 1. The van der Waals surface area contributed by atoms with Gasteiger partial charge in [0.25, 0.3) is 5.91 Å². The van der Waals surface area contributed by atoms with Gasteiger partial charge in [0.2, 0.25) is 0 Å². The third-order valence-electron chi connectivity index (χ3n) is 5.01. The van der Waals surface area contributed by atoms with Gasteiger partial charge in [-0.3, -0.25) is 4.79 Å². The molecule has 0 aliphatic carbocycles. The highest BCUT2D eigenvalue weighted by Crippen LogP contribution is 2.36. The largest absolute Gasteiger partial charge is 0.493 e. The molecule has 0 spiro atoms. The van der Waals surface area contributed by atoms with Gasteiger partial charge in [-0.2, -0.15) is 0 Å². The number of hydrogen-bond acceptors (Lipinski definition) is 4. The topological polar surface area (TPSA) is 50.8 Å². The number of nitrogens with zero attached hydrogens (tertiary/aromatic N) is 1. The number of amides is 1. The predicted molar refractivity (Wildman–Crippen MR) is 113 cm³/mol. The van der Waals surface area contributed by atoms with Gasteiger partial charge < -0.3 is 19.7 Å². The number of hydrogen-bond donors (Lipinski definition) is 1. The zero-order chi connectivity index (χ0) is 19.6. The van der Waals surface area contributed by atoms with Crippen LogP contribution in [0.1, 0.15) is 56.3 Å². The van der Waals surface area contributed by atoms with E-state index >= 15 is 0 Å². The van der Waals surface area contributed by atoms with E-state index < -0.39 is 0 Å². The maximum absolute atomic E-state index is 12.5. The molecule has 0 aromatic heterocycles. The Balaban J connectivity index is 1.77. The zero-order valence-electron chi connectivity index (χ0n) is 16.9. The molecule has 0 unspecified atom stereocenters. The van der Waals surface area contributed by atoms with Crippen molar-refractivity contribution < 1.29 is 14.3 Å². The average molecular weight is 441 g/mol. The summed E-state index contributed by atoms with van der Waals surface area (Å²) >= 11 is 3.49. The average Bonchev–Trinajstić information content (AvgIpc) is 2.67. The van der Waals surface area contributed by atoms with Gasteiger partial charge in [0.1, 0.15) is 0 Å². The van der Waals surface area contributed by atoms with E-state index in [1.165, 1.54) is 25.9 Å². The standard InChI is InChI=1S/C21H33BrN2O3/c1-4-13-27-20-18(22)14-17(15-19(20)26-3)21(25)23-9-5-6-10-24-11-7-16(2)8-12-24/h14-16H,4-13H2,1-3H3,(H,23,25). The molecular weight excluding hydrogens is 408 g/mol. The monoisotopic (exact) mass is 440 g/mol. The van der Waals surface area contributed by atoms with E-state index in [1.807, 2.05) is 6.92 Å². The Labute approximate surface area is 171 Å². The highest BCUT2D eigenvalue weighted by molar-refractivity contribution is 9.10. The summed E-state index contributed by atoms with van der Waals surface area (Å²) in [6.45, 7) is 9.25. The second-order valence-corrected chi connectivity index (χ2v) is 8.18. The van der Waals surface area contributed by atoms with Crippen molar-refractivity contribution in [3.05, 3.63) is 22.2 Å². The number of unbranched alkanes of at least 4 members (excludes halogenated alkanes) is 1. The van der Waals surface area contributed by atoms with Crippen molar-refractivity contribution in [3.63, 3.8) is 0 Å². The lowest BCUT2D eigenvalue weighted by Crippen LogP contribution is -2.34. The molecule has 0 atom stereocenters. The van der Waals surface area contributed by atoms with Gasteiger partial charge in [0.15, 0.2) is 11.5 Å². The van der Waals surface area contributed by atoms with Gasteiger partial charge in [-0.15, -0.1) is 0 Å². The van der Waals surface area contributed by atoms with E-state index in [9.17, 15) is 4.79 Å². The number of likely N-dealkylation sites (tertiary alicyclic amines) is 1. The van der Waals surface area contributed by atoms with Crippen LogP contribution >= 0.6 is 15.9 Å². The molecule has 0 radical (unpaired) electrons. The minimum Gasteiger partial charge on any atom is -0.493 e. The quantitative estimate of drug-likeness (QED) is 0.544.